The van der Waals surface area contributed by atoms with Crippen LogP contribution in [0.15, 0.2) is 12.0 Å². The molecule has 1 amide bonds. The molecule has 2 fully saturated rings. The second kappa shape index (κ2) is 14.1. The molecule has 3 rings (SSSR count). The van der Waals surface area contributed by atoms with Gasteiger partial charge < -0.3 is 72.3 Å². The standard InChI is InChI=1S/C23H43N5O10/c1-27-16-17(31)14(9-29)36-23(18(16)32)38-21-12(28-22(34)13(30)5-6-24)7-11(26)20(19(21)33)37-15-4-2-3-10(8-25)35-15/h4,10-14,16-21,23,27,29-33H,2-3,5-9,24-26H2,1H3,(H,28,34)/t10-,11-,12+,13-,14?,16-,17-,18?,19?,20?,21-,23+/m0/s1. The van der Waals surface area contributed by atoms with Gasteiger partial charge in [-0.05, 0) is 45.4 Å². The van der Waals surface area contributed by atoms with Crippen LogP contribution in [-0.2, 0) is 23.7 Å². The summed E-state index contributed by atoms with van der Waals surface area (Å²) in [7, 11) is 1.51. The van der Waals surface area contributed by atoms with Gasteiger partial charge in [0.2, 0.25) is 5.91 Å². The van der Waals surface area contributed by atoms with Crippen molar-refractivity contribution in [1.29, 1.82) is 0 Å². The monoisotopic (exact) mass is 549 g/mol. The molecule has 15 nitrogen and oxygen atoms in total. The molecule has 2 aliphatic heterocycles. The summed E-state index contributed by atoms with van der Waals surface area (Å²) in [5.74, 6) is -0.572. The van der Waals surface area contributed by atoms with Crippen LogP contribution in [0.1, 0.15) is 25.7 Å². The molecule has 1 saturated heterocycles. The van der Waals surface area contributed by atoms with Crippen molar-refractivity contribution in [2.75, 3.05) is 26.7 Å². The minimum atomic E-state index is -1.46. The van der Waals surface area contributed by atoms with Crippen molar-refractivity contribution < 1.29 is 49.3 Å². The summed E-state index contributed by atoms with van der Waals surface area (Å²) in [5.41, 5.74) is 17.5. The fourth-order valence-corrected chi connectivity index (χ4v) is 5.01. The van der Waals surface area contributed by atoms with Crippen molar-refractivity contribution in [3.63, 3.8) is 0 Å². The van der Waals surface area contributed by atoms with Gasteiger partial charge in [0.15, 0.2) is 6.29 Å². The Morgan fingerprint density at radius 2 is 1.95 bits per heavy atom. The zero-order valence-electron chi connectivity index (χ0n) is 21.5. The first-order chi connectivity index (χ1) is 18.1. The first kappa shape index (κ1) is 30.9. The summed E-state index contributed by atoms with van der Waals surface area (Å²) in [6.07, 6.45) is -7.36. The number of aliphatic hydroxyl groups excluding tert-OH is 5. The van der Waals surface area contributed by atoms with Crippen molar-refractivity contribution in [2.24, 2.45) is 17.2 Å². The Morgan fingerprint density at radius 1 is 1.21 bits per heavy atom. The number of ether oxygens (including phenoxy) is 4. The summed E-state index contributed by atoms with van der Waals surface area (Å²) < 4.78 is 23.3. The number of carbonyl (C=O) groups excluding carboxylic acids is 1. The Bertz CT molecular complexity index is 794. The van der Waals surface area contributed by atoms with Crippen LogP contribution in [0.4, 0.5) is 0 Å². The molecule has 0 radical (unpaired) electrons. The lowest BCUT2D eigenvalue weighted by atomic mass is 9.83. The third-order valence-electron chi connectivity index (χ3n) is 7.19. The van der Waals surface area contributed by atoms with E-state index in [0.717, 1.165) is 6.42 Å². The number of amides is 1. The van der Waals surface area contributed by atoms with Gasteiger partial charge >= 0.3 is 0 Å². The molecule has 0 aromatic heterocycles. The zero-order chi connectivity index (χ0) is 28.0. The van der Waals surface area contributed by atoms with Gasteiger partial charge in [0, 0.05) is 12.6 Å². The molecule has 0 aromatic rings. The highest BCUT2D eigenvalue weighted by Gasteiger charge is 2.51. The van der Waals surface area contributed by atoms with Crippen molar-refractivity contribution in [1.82, 2.24) is 10.6 Å². The molecule has 1 aliphatic carbocycles. The molecule has 12 atom stereocenters. The van der Waals surface area contributed by atoms with Gasteiger partial charge in [0.05, 0.1) is 18.7 Å². The fourth-order valence-electron chi connectivity index (χ4n) is 5.01. The molecule has 3 aliphatic rings. The quantitative estimate of drug-likeness (QED) is 0.116. The summed E-state index contributed by atoms with van der Waals surface area (Å²) in [5, 5.41) is 57.7. The van der Waals surface area contributed by atoms with Crippen molar-refractivity contribution in [3.8, 4) is 0 Å². The van der Waals surface area contributed by atoms with E-state index in [-0.39, 0.29) is 38.0 Å². The van der Waals surface area contributed by atoms with E-state index in [2.05, 4.69) is 10.6 Å². The highest BCUT2D eigenvalue weighted by atomic mass is 16.7. The number of carbonyl (C=O) groups is 1. The van der Waals surface area contributed by atoms with Crippen LogP contribution >= 0.6 is 0 Å². The van der Waals surface area contributed by atoms with E-state index in [4.69, 9.17) is 36.1 Å². The predicted octanol–water partition coefficient (Wildman–Crippen LogP) is -4.95. The summed E-state index contributed by atoms with van der Waals surface area (Å²) in [6.45, 7) is -0.199. The third kappa shape index (κ3) is 7.11. The van der Waals surface area contributed by atoms with Crippen LogP contribution in [-0.4, -0.2) is 131 Å². The van der Waals surface area contributed by atoms with E-state index >= 15 is 0 Å². The summed E-state index contributed by atoms with van der Waals surface area (Å²) >= 11 is 0. The highest BCUT2D eigenvalue weighted by molar-refractivity contribution is 5.80. The Hall–Kier alpha value is -1.63. The normalized spacial score (nSPS) is 40.6. The smallest absolute Gasteiger partial charge is 0.275 e. The Balaban J connectivity index is 1.83. The topological polar surface area (TPSA) is 257 Å². The molecule has 0 bridgehead atoms. The highest BCUT2D eigenvalue weighted by Crippen LogP contribution is 2.31. The number of aliphatic hydroxyl groups is 5. The largest absolute Gasteiger partial charge is 0.461 e. The number of hydrogen-bond acceptors (Lipinski definition) is 14. The predicted molar refractivity (Wildman–Crippen MR) is 132 cm³/mol. The minimum absolute atomic E-state index is 0.0165. The molecule has 13 N–H and O–H groups in total. The number of allylic oxidation sites excluding steroid dienone is 1. The molecule has 2 heterocycles. The molecular formula is C23H43N5O10. The number of likely N-dealkylation sites (N-methyl/N-ethyl adjacent to an activating group) is 1. The van der Waals surface area contributed by atoms with E-state index in [0.29, 0.717) is 6.42 Å². The second-order valence-corrected chi connectivity index (χ2v) is 9.88. The van der Waals surface area contributed by atoms with Gasteiger partial charge in [-0.2, -0.15) is 0 Å². The minimum Gasteiger partial charge on any atom is -0.461 e. The Labute approximate surface area is 221 Å². The Morgan fingerprint density at radius 3 is 2.58 bits per heavy atom. The number of nitrogens with one attached hydrogen (secondary N) is 2. The van der Waals surface area contributed by atoms with Crippen LogP contribution in [0.3, 0.4) is 0 Å². The lowest BCUT2D eigenvalue weighted by Gasteiger charge is -2.47. The SMILES string of the molecule is CN[C@@H]1C(O)[C@@H](O[C@@H]2C(O)C(OC3=CCC[C@@H](CN)O3)[C@@H](N)C[C@H]2NC(=O)[C@@H](O)CCN)OC(CO)[C@@H]1O. The van der Waals surface area contributed by atoms with Crippen molar-refractivity contribution in [2.45, 2.75) is 98.9 Å². The summed E-state index contributed by atoms with van der Waals surface area (Å²) in [6, 6.07) is -2.64. The zero-order valence-corrected chi connectivity index (χ0v) is 21.5. The average Bonchev–Trinajstić information content (AvgIpc) is 2.90. The summed E-state index contributed by atoms with van der Waals surface area (Å²) in [4.78, 5) is 12.6. The number of hydrogen-bond donors (Lipinski definition) is 10. The molecular weight excluding hydrogens is 506 g/mol. The van der Waals surface area contributed by atoms with Crippen LogP contribution in [0.5, 0.6) is 0 Å². The molecule has 1 saturated carbocycles. The van der Waals surface area contributed by atoms with Gasteiger partial charge in [-0.15, -0.1) is 0 Å². The van der Waals surface area contributed by atoms with Gasteiger partial charge in [-0.25, -0.2) is 0 Å². The lowest BCUT2D eigenvalue weighted by Crippen LogP contribution is -2.68. The number of rotatable bonds is 11. The van der Waals surface area contributed by atoms with Gasteiger partial charge in [0.25, 0.3) is 5.95 Å². The molecule has 220 valence electrons. The third-order valence-corrected chi connectivity index (χ3v) is 7.19. The molecule has 38 heavy (non-hydrogen) atoms. The van der Waals surface area contributed by atoms with E-state index in [1.165, 1.54) is 7.05 Å². The van der Waals surface area contributed by atoms with Crippen LogP contribution < -0.4 is 27.8 Å². The molecule has 0 aromatic carbocycles. The fraction of sp³-hybridized carbons (Fsp3) is 0.870. The average molecular weight is 550 g/mol. The van der Waals surface area contributed by atoms with Crippen LogP contribution in [0, 0.1) is 0 Å². The van der Waals surface area contributed by atoms with Gasteiger partial charge in [-0.1, -0.05) is 0 Å². The maximum Gasteiger partial charge on any atom is 0.275 e. The first-order valence-electron chi connectivity index (χ1n) is 13.0. The van der Waals surface area contributed by atoms with E-state index < -0.39 is 79.7 Å². The van der Waals surface area contributed by atoms with Gasteiger partial charge in [0.1, 0.15) is 48.8 Å². The molecule has 4 unspecified atom stereocenters. The van der Waals surface area contributed by atoms with Crippen LogP contribution in [0.25, 0.3) is 0 Å². The lowest BCUT2D eigenvalue weighted by molar-refractivity contribution is -0.308. The molecule has 15 heteroatoms. The maximum absolute atomic E-state index is 12.6. The number of nitrogens with two attached hydrogens (primary N) is 3. The molecule has 0 spiro atoms. The van der Waals surface area contributed by atoms with E-state index in [9.17, 15) is 30.3 Å². The van der Waals surface area contributed by atoms with Crippen LogP contribution in [0.2, 0.25) is 0 Å². The first-order valence-corrected chi connectivity index (χ1v) is 13.0. The van der Waals surface area contributed by atoms with Gasteiger partial charge in [-0.3, -0.25) is 4.79 Å². The Kier molecular flexibility index (Phi) is 11.5. The van der Waals surface area contributed by atoms with Crippen molar-refractivity contribution in [3.05, 3.63) is 12.0 Å². The van der Waals surface area contributed by atoms with E-state index in [1.54, 1.807) is 6.08 Å². The van der Waals surface area contributed by atoms with E-state index in [1.807, 2.05) is 0 Å². The van der Waals surface area contributed by atoms with Crippen molar-refractivity contribution >= 4 is 5.91 Å². The second-order valence-electron chi connectivity index (χ2n) is 9.88. The maximum atomic E-state index is 12.6.